The van der Waals surface area contributed by atoms with E-state index in [0.717, 1.165) is 12.0 Å². The maximum atomic E-state index is 12.4. The first-order valence-corrected chi connectivity index (χ1v) is 8.04. The predicted octanol–water partition coefficient (Wildman–Crippen LogP) is 2.63. The highest BCUT2D eigenvalue weighted by Gasteiger charge is 2.49. The number of benzene rings is 1. The van der Waals surface area contributed by atoms with Crippen molar-refractivity contribution in [1.29, 1.82) is 0 Å². The zero-order valence-corrected chi connectivity index (χ0v) is 14.1. The molecule has 2 aliphatic rings. The number of likely N-dealkylation sites (tertiary alicyclic amines) is 1. The summed E-state index contributed by atoms with van der Waals surface area (Å²) in [5, 5.41) is 2.56. The average molecular weight is 333 g/mol. The van der Waals surface area contributed by atoms with Crippen LogP contribution in [0.2, 0.25) is 0 Å². The van der Waals surface area contributed by atoms with E-state index in [4.69, 9.17) is 15.2 Å². The van der Waals surface area contributed by atoms with Crippen LogP contribution in [0.4, 0.5) is 15.3 Å². The molecule has 3 N–H and O–H groups in total. The number of fused-ring (bicyclic) bond motifs is 2. The summed E-state index contributed by atoms with van der Waals surface area (Å²) in [5.41, 5.74) is 6.14. The number of amides is 3. The highest BCUT2D eigenvalue weighted by Crippen LogP contribution is 2.43. The number of rotatable bonds is 2. The molecular weight excluding hydrogens is 310 g/mol. The van der Waals surface area contributed by atoms with Crippen LogP contribution in [0, 0.1) is 0 Å². The lowest BCUT2D eigenvalue weighted by Gasteiger charge is -2.34. The monoisotopic (exact) mass is 333 g/mol. The fourth-order valence-electron chi connectivity index (χ4n) is 3.28. The van der Waals surface area contributed by atoms with E-state index in [1.54, 1.807) is 11.0 Å². The molecule has 2 saturated heterocycles. The zero-order chi connectivity index (χ0) is 17.5. The molecule has 0 aliphatic carbocycles. The van der Waals surface area contributed by atoms with E-state index in [1.165, 1.54) is 0 Å². The highest BCUT2D eigenvalue weighted by molar-refractivity contribution is 5.87. The maximum absolute atomic E-state index is 12.4. The van der Waals surface area contributed by atoms with E-state index in [0.29, 0.717) is 12.2 Å². The van der Waals surface area contributed by atoms with Gasteiger partial charge >= 0.3 is 12.1 Å². The SMILES string of the molecule is CC(C)(C)OC(=O)N1CC2CC1C(c1cccc(NC(N)=O)c1)O2. The Morgan fingerprint density at radius 2 is 2.12 bits per heavy atom. The Bertz CT molecular complexity index is 655. The Labute approximate surface area is 141 Å². The Kier molecular flexibility index (Phi) is 4.13. The van der Waals surface area contributed by atoms with Crippen molar-refractivity contribution < 1.29 is 19.1 Å². The van der Waals surface area contributed by atoms with Crippen LogP contribution in [-0.4, -0.2) is 41.3 Å². The summed E-state index contributed by atoms with van der Waals surface area (Å²) < 4.78 is 11.5. The lowest BCUT2D eigenvalue weighted by atomic mass is 10.0. The molecule has 2 fully saturated rings. The minimum absolute atomic E-state index is 0.0141. The van der Waals surface area contributed by atoms with E-state index in [1.807, 2.05) is 39.0 Å². The molecule has 130 valence electrons. The molecule has 1 aromatic carbocycles. The van der Waals surface area contributed by atoms with Crippen LogP contribution in [0.5, 0.6) is 0 Å². The van der Waals surface area contributed by atoms with Gasteiger partial charge in [0.05, 0.1) is 18.7 Å². The second-order valence-electron chi connectivity index (χ2n) is 7.23. The number of nitrogens with zero attached hydrogens (tertiary/aromatic N) is 1. The van der Waals surface area contributed by atoms with Crippen molar-refractivity contribution in [3.63, 3.8) is 0 Å². The van der Waals surface area contributed by atoms with Gasteiger partial charge in [-0.3, -0.25) is 4.90 Å². The topological polar surface area (TPSA) is 93.9 Å². The first-order valence-electron chi connectivity index (χ1n) is 8.04. The van der Waals surface area contributed by atoms with Crippen LogP contribution >= 0.6 is 0 Å². The number of nitrogens with two attached hydrogens (primary N) is 1. The van der Waals surface area contributed by atoms with E-state index in [9.17, 15) is 9.59 Å². The summed E-state index contributed by atoms with van der Waals surface area (Å²) in [6, 6.07) is 6.65. The first kappa shape index (κ1) is 16.6. The smallest absolute Gasteiger partial charge is 0.410 e. The van der Waals surface area contributed by atoms with Crippen molar-refractivity contribution in [2.45, 2.75) is 51.0 Å². The molecule has 24 heavy (non-hydrogen) atoms. The number of carbonyl (C=O) groups excluding carboxylic acids is 2. The fourth-order valence-corrected chi connectivity index (χ4v) is 3.28. The molecule has 2 aliphatic heterocycles. The van der Waals surface area contributed by atoms with Gasteiger partial charge in [0.2, 0.25) is 0 Å². The van der Waals surface area contributed by atoms with Crippen molar-refractivity contribution >= 4 is 17.8 Å². The van der Waals surface area contributed by atoms with E-state index >= 15 is 0 Å². The lowest BCUT2D eigenvalue weighted by molar-refractivity contribution is -0.0467. The van der Waals surface area contributed by atoms with Crippen LogP contribution in [0.15, 0.2) is 24.3 Å². The summed E-state index contributed by atoms with van der Waals surface area (Å²) in [6.07, 6.45) is 0.262. The molecule has 7 nitrogen and oxygen atoms in total. The van der Waals surface area contributed by atoms with Gasteiger partial charge in [-0.2, -0.15) is 0 Å². The second kappa shape index (κ2) is 5.98. The van der Waals surface area contributed by atoms with E-state index < -0.39 is 11.6 Å². The van der Waals surface area contributed by atoms with Gasteiger partial charge in [-0.05, 0) is 44.9 Å². The Balaban J connectivity index is 1.76. The van der Waals surface area contributed by atoms with Crippen LogP contribution in [0.3, 0.4) is 0 Å². The molecule has 2 bridgehead atoms. The minimum atomic E-state index is -0.614. The largest absolute Gasteiger partial charge is 0.444 e. The number of nitrogens with one attached hydrogen (secondary N) is 1. The molecule has 0 radical (unpaired) electrons. The van der Waals surface area contributed by atoms with Gasteiger partial charge < -0.3 is 20.5 Å². The highest BCUT2D eigenvalue weighted by atomic mass is 16.6. The van der Waals surface area contributed by atoms with Crippen molar-refractivity contribution in [1.82, 2.24) is 4.90 Å². The van der Waals surface area contributed by atoms with Gasteiger partial charge in [0.15, 0.2) is 0 Å². The van der Waals surface area contributed by atoms with Crippen molar-refractivity contribution in [3.8, 4) is 0 Å². The predicted molar refractivity (Wildman–Crippen MR) is 88.6 cm³/mol. The molecule has 0 saturated carbocycles. The van der Waals surface area contributed by atoms with Gasteiger partial charge in [0.25, 0.3) is 0 Å². The van der Waals surface area contributed by atoms with Gasteiger partial charge in [0.1, 0.15) is 11.7 Å². The summed E-state index contributed by atoms with van der Waals surface area (Å²) in [7, 11) is 0. The molecule has 1 aromatic rings. The van der Waals surface area contributed by atoms with Gasteiger partial charge in [-0.1, -0.05) is 12.1 Å². The molecule has 3 amide bonds. The van der Waals surface area contributed by atoms with Crippen molar-refractivity contribution in [3.05, 3.63) is 29.8 Å². The number of hydrogen-bond donors (Lipinski definition) is 2. The third kappa shape index (κ3) is 3.46. The van der Waals surface area contributed by atoms with Gasteiger partial charge in [-0.15, -0.1) is 0 Å². The van der Waals surface area contributed by atoms with Crippen LogP contribution < -0.4 is 11.1 Å². The molecule has 3 rings (SSSR count). The number of morpholine rings is 1. The van der Waals surface area contributed by atoms with Gasteiger partial charge in [-0.25, -0.2) is 9.59 Å². The molecule has 2 heterocycles. The average Bonchev–Trinajstić information content (AvgIpc) is 3.05. The molecule has 0 spiro atoms. The molecule has 3 unspecified atom stereocenters. The quantitative estimate of drug-likeness (QED) is 0.870. The lowest BCUT2D eigenvalue weighted by Crippen LogP contribution is -2.45. The summed E-state index contributed by atoms with van der Waals surface area (Å²) in [5.74, 6) is 0. The number of anilines is 1. The number of ether oxygens (including phenoxy) is 2. The molecular formula is C17H23N3O4. The number of primary amides is 1. The zero-order valence-electron chi connectivity index (χ0n) is 14.1. The molecule has 7 heteroatoms. The number of urea groups is 1. The van der Waals surface area contributed by atoms with Crippen LogP contribution in [0.25, 0.3) is 0 Å². The Hall–Kier alpha value is -2.28. The number of hydrogen-bond acceptors (Lipinski definition) is 4. The van der Waals surface area contributed by atoms with Crippen LogP contribution in [-0.2, 0) is 9.47 Å². The number of carbonyl (C=O) groups is 2. The molecule has 0 aromatic heterocycles. The van der Waals surface area contributed by atoms with Crippen LogP contribution in [0.1, 0.15) is 38.9 Å². The second-order valence-corrected chi connectivity index (χ2v) is 7.23. The maximum Gasteiger partial charge on any atom is 0.410 e. The fraction of sp³-hybridized carbons (Fsp3) is 0.529. The summed E-state index contributed by atoms with van der Waals surface area (Å²) >= 11 is 0. The van der Waals surface area contributed by atoms with Crippen molar-refractivity contribution in [2.24, 2.45) is 5.73 Å². The summed E-state index contributed by atoms with van der Waals surface area (Å²) in [6.45, 7) is 6.11. The Morgan fingerprint density at radius 3 is 2.75 bits per heavy atom. The summed E-state index contributed by atoms with van der Waals surface area (Å²) in [4.78, 5) is 25.2. The van der Waals surface area contributed by atoms with Crippen molar-refractivity contribution in [2.75, 3.05) is 11.9 Å². The normalized spacial score (nSPS) is 25.6. The van der Waals surface area contributed by atoms with E-state index in [-0.39, 0.29) is 24.3 Å². The first-order chi connectivity index (χ1) is 11.2. The standard InChI is InChI=1S/C17H23N3O4/c1-17(2,3)24-16(22)20-9-12-8-13(20)14(23-12)10-5-4-6-11(7-10)19-15(18)21/h4-7,12-14H,8-9H2,1-3H3,(H3,18,19,21). The van der Waals surface area contributed by atoms with Gasteiger partial charge in [0, 0.05) is 5.69 Å². The third-order valence-electron chi connectivity index (χ3n) is 4.10. The van der Waals surface area contributed by atoms with E-state index in [2.05, 4.69) is 5.32 Å². The Morgan fingerprint density at radius 1 is 1.38 bits per heavy atom. The third-order valence-corrected chi connectivity index (χ3v) is 4.10. The minimum Gasteiger partial charge on any atom is -0.444 e. The molecule has 3 atom stereocenters.